The molecule has 25 heavy (non-hydrogen) atoms. The second-order valence-electron chi connectivity index (χ2n) is 6.61. The largest absolute Gasteiger partial charge is 0.356 e. The van der Waals surface area contributed by atoms with Crippen LogP contribution in [0.5, 0.6) is 0 Å². The van der Waals surface area contributed by atoms with Crippen molar-refractivity contribution in [1.82, 2.24) is 9.62 Å². The van der Waals surface area contributed by atoms with Gasteiger partial charge in [-0.1, -0.05) is 37.5 Å². The van der Waals surface area contributed by atoms with E-state index < -0.39 is 10.0 Å². The Morgan fingerprint density at radius 3 is 2.56 bits per heavy atom. The van der Waals surface area contributed by atoms with Crippen molar-refractivity contribution in [3.05, 3.63) is 35.6 Å². The highest BCUT2D eigenvalue weighted by molar-refractivity contribution is 7.88. The lowest BCUT2D eigenvalue weighted by Crippen LogP contribution is -2.43. The van der Waals surface area contributed by atoms with Gasteiger partial charge in [0.15, 0.2) is 0 Å². The Bertz CT molecular complexity index is 673. The number of sulfonamides is 1. The molecular weight excluding hydrogens is 343 g/mol. The summed E-state index contributed by atoms with van der Waals surface area (Å²) in [6.45, 7) is 0.539. The van der Waals surface area contributed by atoms with Gasteiger partial charge in [-0.3, -0.25) is 4.79 Å². The molecule has 0 atom stereocenters. The molecular formula is C18H27FN2O3S. The van der Waals surface area contributed by atoms with Crippen LogP contribution in [0.4, 0.5) is 4.39 Å². The molecule has 1 aliphatic carbocycles. The minimum atomic E-state index is -3.33. The van der Waals surface area contributed by atoms with Gasteiger partial charge < -0.3 is 5.32 Å². The maximum atomic E-state index is 13.5. The summed E-state index contributed by atoms with van der Waals surface area (Å²) in [6, 6.07) is 6.48. The lowest BCUT2D eigenvalue weighted by atomic mass is 9.95. The van der Waals surface area contributed by atoms with Crippen molar-refractivity contribution in [2.24, 2.45) is 0 Å². The molecule has 1 N–H and O–H groups in total. The van der Waals surface area contributed by atoms with E-state index in [1.165, 1.54) is 16.6 Å². The second-order valence-corrected chi connectivity index (χ2v) is 8.54. The Labute approximate surface area is 149 Å². The summed E-state index contributed by atoms with van der Waals surface area (Å²) >= 11 is 0. The Hall–Kier alpha value is -1.47. The van der Waals surface area contributed by atoms with Gasteiger partial charge in [-0.25, -0.2) is 12.8 Å². The third-order valence-electron chi connectivity index (χ3n) is 4.64. The van der Waals surface area contributed by atoms with Gasteiger partial charge in [0, 0.05) is 25.6 Å². The van der Waals surface area contributed by atoms with Gasteiger partial charge in [-0.15, -0.1) is 0 Å². The van der Waals surface area contributed by atoms with Gasteiger partial charge in [0.05, 0.1) is 6.26 Å². The first kappa shape index (κ1) is 19.8. The number of hydrogen-bond acceptors (Lipinski definition) is 3. The van der Waals surface area contributed by atoms with Crippen molar-refractivity contribution in [2.75, 3.05) is 19.3 Å². The van der Waals surface area contributed by atoms with Gasteiger partial charge in [0.25, 0.3) is 0 Å². The fourth-order valence-corrected chi connectivity index (χ4v) is 4.50. The number of hydrogen-bond donors (Lipinski definition) is 1. The molecule has 0 heterocycles. The van der Waals surface area contributed by atoms with E-state index in [0.29, 0.717) is 18.5 Å². The molecule has 0 bridgehead atoms. The lowest BCUT2D eigenvalue weighted by Gasteiger charge is -2.32. The van der Waals surface area contributed by atoms with E-state index in [1.54, 1.807) is 18.2 Å². The van der Waals surface area contributed by atoms with Gasteiger partial charge in [0.1, 0.15) is 5.82 Å². The van der Waals surface area contributed by atoms with Crippen LogP contribution in [-0.2, 0) is 21.2 Å². The molecule has 0 unspecified atom stereocenters. The third kappa shape index (κ3) is 6.40. The van der Waals surface area contributed by atoms with Crippen LogP contribution in [0.2, 0.25) is 0 Å². The molecule has 140 valence electrons. The van der Waals surface area contributed by atoms with Crippen LogP contribution in [0.15, 0.2) is 24.3 Å². The zero-order valence-electron chi connectivity index (χ0n) is 14.7. The molecule has 0 spiro atoms. The number of nitrogens with one attached hydrogen (secondary N) is 1. The molecule has 1 saturated carbocycles. The van der Waals surface area contributed by atoms with Gasteiger partial charge in [-0.2, -0.15) is 4.31 Å². The first-order valence-corrected chi connectivity index (χ1v) is 10.7. The maximum Gasteiger partial charge on any atom is 0.221 e. The van der Waals surface area contributed by atoms with E-state index in [2.05, 4.69) is 5.32 Å². The molecule has 5 nitrogen and oxygen atoms in total. The van der Waals surface area contributed by atoms with E-state index in [9.17, 15) is 17.6 Å². The summed E-state index contributed by atoms with van der Waals surface area (Å²) in [4.78, 5) is 12.0. The van der Waals surface area contributed by atoms with Crippen LogP contribution in [0.3, 0.4) is 0 Å². The molecule has 1 fully saturated rings. The fraction of sp³-hybridized carbons (Fsp3) is 0.611. The fourth-order valence-electron chi connectivity index (χ4n) is 3.33. The van der Waals surface area contributed by atoms with Gasteiger partial charge in [0.2, 0.25) is 15.9 Å². The molecule has 1 aliphatic rings. The second kappa shape index (κ2) is 9.29. The first-order chi connectivity index (χ1) is 11.9. The average Bonchev–Trinajstić information content (AvgIpc) is 2.56. The van der Waals surface area contributed by atoms with Crippen LogP contribution in [0.1, 0.15) is 44.1 Å². The summed E-state index contributed by atoms with van der Waals surface area (Å²) in [5.74, 6) is -0.488. The number of carbonyl (C=O) groups excluding carboxylic acids is 1. The number of carbonyl (C=O) groups is 1. The Morgan fingerprint density at radius 1 is 1.24 bits per heavy atom. The highest BCUT2D eigenvalue weighted by Gasteiger charge is 2.28. The molecule has 7 heteroatoms. The zero-order chi connectivity index (χ0) is 18.3. The molecule has 0 aliphatic heterocycles. The number of rotatable bonds is 8. The number of halogens is 1. The minimum Gasteiger partial charge on any atom is -0.356 e. The summed E-state index contributed by atoms with van der Waals surface area (Å²) in [6.07, 6.45) is 6.68. The topological polar surface area (TPSA) is 66.5 Å². The van der Waals surface area contributed by atoms with E-state index in [0.717, 1.165) is 32.1 Å². The Morgan fingerprint density at radius 2 is 1.92 bits per heavy atom. The average molecular weight is 370 g/mol. The van der Waals surface area contributed by atoms with E-state index >= 15 is 0 Å². The van der Waals surface area contributed by atoms with Gasteiger partial charge in [-0.05, 0) is 30.9 Å². The van der Waals surface area contributed by atoms with Gasteiger partial charge >= 0.3 is 0 Å². The summed E-state index contributed by atoms with van der Waals surface area (Å²) in [5.41, 5.74) is 0.558. The van der Waals surface area contributed by atoms with Crippen LogP contribution in [-0.4, -0.2) is 44.0 Å². The smallest absolute Gasteiger partial charge is 0.221 e. The van der Waals surface area contributed by atoms with Crippen molar-refractivity contribution in [2.45, 2.75) is 51.0 Å². The van der Waals surface area contributed by atoms with Crippen molar-refractivity contribution >= 4 is 15.9 Å². The quantitative estimate of drug-likeness (QED) is 0.764. The number of benzene rings is 1. The normalized spacial score (nSPS) is 16.1. The van der Waals surface area contributed by atoms with Crippen molar-refractivity contribution in [1.29, 1.82) is 0 Å². The zero-order valence-corrected chi connectivity index (χ0v) is 15.5. The molecule has 1 aromatic carbocycles. The van der Waals surface area contributed by atoms with Crippen LogP contribution in [0.25, 0.3) is 0 Å². The molecule has 0 radical (unpaired) electrons. The lowest BCUT2D eigenvalue weighted by molar-refractivity contribution is -0.121. The standard InChI is InChI=1S/C18H27FN2O3S/c1-25(23,24)21(16-8-3-2-4-9-16)14-12-18(22)20-13-11-15-7-5-6-10-17(15)19/h5-7,10,16H,2-4,8-9,11-14H2,1H3,(H,20,22). The molecule has 0 saturated heterocycles. The molecule has 2 rings (SSSR count). The summed E-state index contributed by atoms with van der Waals surface area (Å²) in [5, 5.41) is 2.74. The predicted molar refractivity (Wildman–Crippen MR) is 96.2 cm³/mol. The van der Waals surface area contributed by atoms with E-state index in [1.807, 2.05) is 0 Å². The third-order valence-corrected chi connectivity index (χ3v) is 5.97. The monoisotopic (exact) mass is 370 g/mol. The van der Waals surface area contributed by atoms with E-state index in [4.69, 9.17) is 0 Å². The highest BCUT2D eigenvalue weighted by atomic mass is 32.2. The molecule has 0 aromatic heterocycles. The highest BCUT2D eigenvalue weighted by Crippen LogP contribution is 2.24. The first-order valence-electron chi connectivity index (χ1n) is 8.85. The Balaban J connectivity index is 1.79. The van der Waals surface area contributed by atoms with Crippen LogP contribution in [0, 0.1) is 5.82 Å². The Kier molecular flexibility index (Phi) is 7.38. The summed E-state index contributed by atoms with van der Waals surface area (Å²) in [7, 11) is -3.33. The maximum absolute atomic E-state index is 13.5. The van der Waals surface area contributed by atoms with Crippen molar-refractivity contribution < 1.29 is 17.6 Å². The van der Waals surface area contributed by atoms with E-state index in [-0.39, 0.29) is 30.7 Å². The predicted octanol–water partition coefficient (Wildman–Crippen LogP) is 2.47. The number of nitrogens with zero attached hydrogens (tertiary/aromatic N) is 1. The summed E-state index contributed by atoms with van der Waals surface area (Å²) < 4.78 is 39.1. The van der Waals surface area contributed by atoms with Crippen LogP contribution < -0.4 is 5.32 Å². The van der Waals surface area contributed by atoms with Crippen LogP contribution >= 0.6 is 0 Å². The van der Waals surface area contributed by atoms with Crippen molar-refractivity contribution in [3.63, 3.8) is 0 Å². The molecule has 1 aromatic rings. The van der Waals surface area contributed by atoms with Crippen molar-refractivity contribution in [3.8, 4) is 0 Å². The SMILES string of the molecule is CS(=O)(=O)N(CCC(=O)NCCc1ccccc1F)C1CCCCC1. The molecule has 1 amide bonds. The number of amides is 1. The minimum absolute atomic E-state index is 0.00923.